The maximum absolute atomic E-state index is 11.7. The van der Waals surface area contributed by atoms with E-state index in [4.69, 9.17) is 39.5 Å². The Bertz CT molecular complexity index is 196. The second-order valence-electron chi connectivity index (χ2n) is 2.03. The summed E-state index contributed by atoms with van der Waals surface area (Å²) >= 11 is 16.5. The Kier molecular flexibility index (Phi) is 5.56. The Hall–Kier alpha value is 0.980. The van der Waals surface area contributed by atoms with Gasteiger partial charge >= 0.3 is 7.60 Å². The highest BCUT2D eigenvalue weighted by Crippen LogP contribution is 2.59. The van der Waals surface area contributed by atoms with Crippen molar-refractivity contribution in [2.45, 2.75) is 9.64 Å². The average molecular weight is 271 g/mol. The molecule has 0 bridgehead atoms. The first-order valence-corrected chi connectivity index (χ1v) is 5.87. The number of alkyl halides is 3. The first-order chi connectivity index (χ1) is 5.81. The SMILES string of the molecule is COC(C(Cl)(Cl)Cl)P(=O)(OC)OC. The zero-order valence-corrected chi connectivity index (χ0v) is 10.5. The zero-order chi connectivity index (χ0) is 10.7. The molecule has 0 fully saturated rings. The minimum Gasteiger partial charge on any atom is -0.365 e. The molecule has 0 amide bonds. The fourth-order valence-electron chi connectivity index (χ4n) is 0.708. The van der Waals surface area contributed by atoms with E-state index in [0.29, 0.717) is 0 Å². The summed E-state index contributed by atoms with van der Waals surface area (Å²) in [5.41, 5.74) is 0. The topological polar surface area (TPSA) is 44.8 Å². The van der Waals surface area contributed by atoms with Crippen molar-refractivity contribution >= 4 is 42.4 Å². The second-order valence-corrected chi connectivity index (χ2v) is 6.68. The highest BCUT2D eigenvalue weighted by atomic mass is 35.6. The molecule has 0 aromatic heterocycles. The molecule has 0 saturated carbocycles. The number of ether oxygens (including phenoxy) is 1. The van der Waals surface area contributed by atoms with Crippen LogP contribution in [0.1, 0.15) is 0 Å². The van der Waals surface area contributed by atoms with Crippen LogP contribution in [0.2, 0.25) is 0 Å². The van der Waals surface area contributed by atoms with E-state index in [1.165, 1.54) is 21.3 Å². The molecule has 0 aromatic carbocycles. The van der Waals surface area contributed by atoms with Crippen molar-refractivity contribution in [1.82, 2.24) is 0 Å². The summed E-state index contributed by atoms with van der Waals surface area (Å²) in [6, 6.07) is 0. The molecular formula is C5H10Cl3O4P. The van der Waals surface area contributed by atoms with Gasteiger partial charge in [0.15, 0.2) is 0 Å². The summed E-state index contributed by atoms with van der Waals surface area (Å²) in [7, 11) is 0.0908. The van der Waals surface area contributed by atoms with Gasteiger partial charge in [-0.25, -0.2) is 0 Å². The minimum atomic E-state index is -3.53. The number of methoxy groups -OCH3 is 1. The monoisotopic (exact) mass is 270 g/mol. The average Bonchev–Trinajstić information content (AvgIpc) is 2.02. The predicted octanol–water partition coefficient (Wildman–Crippen LogP) is 2.82. The van der Waals surface area contributed by atoms with Crippen molar-refractivity contribution in [3.63, 3.8) is 0 Å². The molecule has 4 nitrogen and oxygen atoms in total. The maximum atomic E-state index is 11.7. The van der Waals surface area contributed by atoms with Crippen LogP contribution in [0, 0.1) is 0 Å². The van der Waals surface area contributed by atoms with E-state index in [1.807, 2.05) is 0 Å². The van der Waals surface area contributed by atoms with E-state index >= 15 is 0 Å². The Balaban J connectivity index is 4.86. The Morgan fingerprint density at radius 1 is 1.15 bits per heavy atom. The summed E-state index contributed by atoms with van der Waals surface area (Å²) in [5, 5.41) is 0. The summed E-state index contributed by atoms with van der Waals surface area (Å²) in [4.78, 5) is 0. The van der Waals surface area contributed by atoms with Gasteiger partial charge in [0, 0.05) is 21.3 Å². The first-order valence-electron chi connectivity index (χ1n) is 3.12. The van der Waals surface area contributed by atoms with Gasteiger partial charge in [0.2, 0.25) is 9.64 Å². The number of hydrogen-bond acceptors (Lipinski definition) is 4. The smallest absolute Gasteiger partial charge is 0.363 e. The van der Waals surface area contributed by atoms with Gasteiger partial charge in [-0.05, 0) is 0 Å². The van der Waals surface area contributed by atoms with E-state index in [1.54, 1.807) is 0 Å². The fourth-order valence-corrected chi connectivity index (χ4v) is 3.20. The molecule has 0 aliphatic carbocycles. The van der Waals surface area contributed by atoms with Gasteiger partial charge in [-0.15, -0.1) is 0 Å². The lowest BCUT2D eigenvalue weighted by atomic mass is 10.8. The van der Waals surface area contributed by atoms with Gasteiger partial charge in [0.05, 0.1) is 0 Å². The molecule has 0 aliphatic heterocycles. The van der Waals surface area contributed by atoms with Crippen molar-refractivity contribution in [2.75, 3.05) is 21.3 Å². The molecule has 0 radical (unpaired) electrons. The third-order valence-electron chi connectivity index (χ3n) is 1.30. The van der Waals surface area contributed by atoms with Crippen LogP contribution in [0.15, 0.2) is 0 Å². The maximum Gasteiger partial charge on any atom is 0.363 e. The largest absolute Gasteiger partial charge is 0.365 e. The molecule has 0 N–H and O–H groups in total. The van der Waals surface area contributed by atoms with E-state index in [-0.39, 0.29) is 0 Å². The van der Waals surface area contributed by atoms with Gasteiger partial charge < -0.3 is 13.8 Å². The van der Waals surface area contributed by atoms with Gasteiger partial charge in [-0.2, -0.15) is 0 Å². The van der Waals surface area contributed by atoms with Crippen LogP contribution in [0.3, 0.4) is 0 Å². The van der Waals surface area contributed by atoms with Gasteiger partial charge in [0.1, 0.15) is 0 Å². The number of halogens is 3. The molecule has 0 heterocycles. The third-order valence-corrected chi connectivity index (χ3v) is 4.54. The normalized spacial score (nSPS) is 15.8. The lowest BCUT2D eigenvalue weighted by molar-refractivity contribution is 0.124. The molecule has 0 rings (SSSR count). The predicted molar refractivity (Wildman–Crippen MR) is 52.7 cm³/mol. The van der Waals surface area contributed by atoms with Crippen molar-refractivity contribution in [3.05, 3.63) is 0 Å². The van der Waals surface area contributed by atoms with Crippen LogP contribution in [0.5, 0.6) is 0 Å². The van der Waals surface area contributed by atoms with Crippen LogP contribution >= 0.6 is 42.4 Å². The van der Waals surface area contributed by atoms with Crippen LogP contribution in [0.25, 0.3) is 0 Å². The molecule has 8 heteroatoms. The van der Waals surface area contributed by atoms with Crippen LogP contribution in [-0.2, 0) is 18.3 Å². The summed E-state index contributed by atoms with van der Waals surface area (Å²) in [5.74, 6) is -1.25. The number of rotatable bonds is 4. The molecule has 1 unspecified atom stereocenters. The van der Waals surface area contributed by atoms with E-state index in [2.05, 4.69) is 9.05 Å². The van der Waals surface area contributed by atoms with Crippen LogP contribution < -0.4 is 0 Å². The lowest BCUT2D eigenvalue weighted by Gasteiger charge is -2.27. The first kappa shape index (κ1) is 14.0. The van der Waals surface area contributed by atoms with Crippen molar-refractivity contribution in [1.29, 1.82) is 0 Å². The Morgan fingerprint density at radius 3 is 1.62 bits per heavy atom. The standard InChI is InChI=1S/C5H10Cl3O4P/c1-10-4(5(6,7)8)13(9,11-2)12-3/h4H,1-3H3. The van der Waals surface area contributed by atoms with E-state index < -0.39 is 17.2 Å². The van der Waals surface area contributed by atoms with Crippen LogP contribution in [-0.4, -0.2) is 31.0 Å². The molecule has 80 valence electrons. The van der Waals surface area contributed by atoms with Gasteiger partial charge in [-0.1, -0.05) is 34.8 Å². The van der Waals surface area contributed by atoms with Gasteiger partial charge in [0.25, 0.3) is 0 Å². The quantitative estimate of drug-likeness (QED) is 0.582. The van der Waals surface area contributed by atoms with Crippen molar-refractivity contribution in [2.24, 2.45) is 0 Å². The molecule has 0 spiro atoms. The molecular weight excluding hydrogens is 261 g/mol. The van der Waals surface area contributed by atoms with Crippen molar-refractivity contribution < 1.29 is 18.3 Å². The summed E-state index contributed by atoms with van der Waals surface area (Å²) < 4.78 is 23.8. The van der Waals surface area contributed by atoms with E-state index in [0.717, 1.165) is 0 Å². The van der Waals surface area contributed by atoms with Gasteiger partial charge in [-0.3, -0.25) is 4.57 Å². The van der Waals surface area contributed by atoms with E-state index in [9.17, 15) is 4.57 Å². The Morgan fingerprint density at radius 2 is 1.54 bits per heavy atom. The zero-order valence-electron chi connectivity index (χ0n) is 7.29. The third kappa shape index (κ3) is 3.56. The number of hydrogen-bond donors (Lipinski definition) is 0. The fraction of sp³-hybridized carbons (Fsp3) is 1.00. The van der Waals surface area contributed by atoms with Crippen molar-refractivity contribution in [3.8, 4) is 0 Å². The lowest BCUT2D eigenvalue weighted by Crippen LogP contribution is -2.28. The summed E-state index contributed by atoms with van der Waals surface area (Å²) in [6.07, 6.45) is 0. The highest BCUT2D eigenvalue weighted by Gasteiger charge is 2.48. The molecule has 0 saturated heterocycles. The summed E-state index contributed by atoms with van der Waals surface area (Å²) in [6.45, 7) is 0. The second kappa shape index (κ2) is 5.17. The molecule has 13 heavy (non-hydrogen) atoms. The highest BCUT2D eigenvalue weighted by molar-refractivity contribution is 7.55. The molecule has 0 aliphatic rings. The molecule has 0 aromatic rings. The minimum absolute atomic E-state index is 1.19. The Labute approximate surface area is 91.9 Å². The van der Waals surface area contributed by atoms with Crippen LogP contribution in [0.4, 0.5) is 0 Å². The molecule has 1 atom stereocenters.